The van der Waals surface area contributed by atoms with Crippen LogP contribution >= 0.6 is 0 Å². The zero-order chi connectivity index (χ0) is 13.1. The summed E-state index contributed by atoms with van der Waals surface area (Å²) in [6.45, 7) is 5.21. The van der Waals surface area contributed by atoms with E-state index < -0.39 is 0 Å². The number of aliphatic hydroxyl groups excluding tert-OH is 1. The lowest BCUT2D eigenvalue weighted by molar-refractivity contribution is -0.131. The monoisotopic (exact) mass is 247 g/mol. The van der Waals surface area contributed by atoms with Crippen LogP contribution in [0.4, 0.5) is 0 Å². The molecule has 0 aromatic heterocycles. The van der Waals surface area contributed by atoms with E-state index in [1.807, 2.05) is 42.2 Å². The molecule has 3 unspecified atom stereocenters. The molecule has 1 N–H and O–H groups in total. The molecule has 98 valence electrons. The normalized spacial score (nSPS) is 22.8. The van der Waals surface area contributed by atoms with E-state index in [1.165, 1.54) is 0 Å². The number of rotatable bonds is 3. The van der Waals surface area contributed by atoms with E-state index in [-0.39, 0.29) is 23.8 Å². The Morgan fingerprint density at radius 3 is 2.56 bits per heavy atom. The van der Waals surface area contributed by atoms with Crippen molar-refractivity contribution in [2.45, 2.75) is 32.3 Å². The first-order valence-electron chi connectivity index (χ1n) is 6.61. The van der Waals surface area contributed by atoms with Crippen LogP contribution < -0.4 is 0 Å². The fourth-order valence-electron chi connectivity index (χ4n) is 2.54. The van der Waals surface area contributed by atoms with Gasteiger partial charge in [-0.1, -0.05) is 30.3 Å². The molecular formula is C15H21NO2. The minimum atomic E-state index is -0.324. The van der Waals surface area contributed by atoms with Gasteiger partial charge in [-0.3, -0.25) is 4.79 Å². The molecule has 0 saturated carbocycles. The van der Waals surface area contributed by atoms with Crippen molar-refractivity contribution in [1.29, 1.82) is 0 Å². The van der Waals surface area contributed by atoms with E-state index in [0.717, 1.165) is 18.5 Å². The molecule has 1 heterocycles. The molecule has 1 aliphatic rings. The number of benzene rings is 1. The molecule has 3 nitrogen and oxygen atoms in total. The van der Waals surface area contributed by atoms with Gasteiger partial charge in [-0.05, 0) is 25.8 Å². The SMILES string of the molecule is CC(C(=O)N1CCC(C(C)O)C1)c1ccccc1. The molecule has 0 bridgehead atoms. The lowest BCUT2D eigenvalue weighted by Gasteiger charge is -2.22. The zero-order valence-corrected chi connectivity index (χ0v) is 11.0. The summed E-state index contributed by atoms with van der Waals surface area (Å²) in [6.07, 6.45) is 0.583. The maximum atomic E-state index is 12.4. The Morgan fingerprint density at radius 2 is 2.00 bits per heavy atom. The number of aliphatic hydroxyl groups is 1. The largest absolute Gasteiger partial charge is 0.393 e. The summed E-state index contributed by atoms with van der Waals surface area (Å²) in [5.74, 6) is 0.306. The van der Waals surface area contributed by atoms with E-state index in [1.54, 1.807) is 6.92 Å². The predicted molar refractivity (Wildman–Crippen MR) is 71.2 cm³/mol. The molecule has 0 spiro atoms. The number of carbonyl (C=O) groups is 1. The molecule has 0 radical (unpaired) electrons. The summed E-state index contributed by atoms with van der Waals surface area (Å²) >= 11 is 0. The molecule has 1 fully saturated rings. The Bertz CT molecular complexity index is 402. The molecule has 1 saturated heterocycles. The Hall–Kier alpha value is -1.35. The maximum absolute atomic E-state index is 12.4. The second kappa shape index (κ2) is 5.53. The Balaban J connectivity index is 2.00. The van der Waals surface area contributed by atoms with Gasteiger partial charge in [0.05, 0.1) is 12.0 Å². The van der Waals surface area contributed by atoms with E-state index in [4.69, 9.17) is 0 Å². The van der Waals surface area contributed by atoms with Crippen LogP contribution in [0.3, 0.4) is 0 Å². The first-order valence-corrected chi connectivity index (χ1v) is 6.61. The predicted octanol–water partition coefficient (Wildman–Crippen LogP) is 2.02. The second-order valence-corrected chi connectivity index (χ2v) is 5.21. The minimum Gasteiger partial charge on any atom is -0.393 e. The summed E-state index contributed by atoms with van der Waals surface area (Å²) in [6, 6.07) is 9.86. The van der Waals surface area contributed by atoms with Gasteiger partial charge >= 0.3 is 0 Å². The highest BCUT2D eigenvalue weighted by atomic mass is 16.3. The van der Waals surface area contributed by atoms with Crippen LogP contribution in [0.5, 0.6) is 0 Å². The van der Waals surface area contributed by atoms with Gasteiger partial charge in [0, 0.05) is 19.0 Å². The first kappa shape index (κ1) is 13.1. The molecule has 3 atom stereocenters. The van der Waals surface area contributed by atoms with E-state index in [9.17, 15) is 9.90 Å². The molecule has 2 rings (SSSR count). The highest BCUT2D eigenvalue weighted by Crippen LogP contribution is 2.24. The summed E-state index contributed by atoms with van der Waals surface area (Å²) < 4.78 is 0. The average molecular weight is 247 g/mol. The lowest BCUT2D eigenvalue weighted by atomic mass is 10.00. The summed E-state index contributed by atoms with van der Waals surface area (Å²) in [4.78, 5) is 14.2. The average Bonchev–Trinajstić information content (AvgIpc) is 2.88. The summed E-state index contributed by atoms with van der Waals surface area (Å²) in [7, 11) is 0. The molecule has 3 heteroatoms. The highest BCUT2D eigenvalue weighted by Gasteiger charge is 2.31. The van der Waals surface area contributed by atoms with Gasteiger partial charge < -0.3 is 10.0 Å². The van der Waals surface area contributed by atoms with Gasteiger partial charge in [0.1, 0.15) is 0 Å². The molecule has 18 heavy (non-hydrogen) atoms. The van der Waals surface area contributed by atoms with Crippen molar-refractivity contribution in [3.63, 3.8) is 0 Å². The standard InChI is InChI=1S/C15H21NO2/c1-11(13-6-4-3-5-7-13)15(18)16-9-8-14(10-16)12(2)17/h3-7,11-12,14,17H,8-10H2,1-2H3. The van der Waals surface area contributed by atoms with E-state index >= 15 is 0 Å². The van der Waals surface area contributed by atoms with Gasteiger partial charge in [-0.25, -0.2) is 0 Å². The first-order chi connectivity index (χ1) is 8.59. The van der Waals surface area contributed by atoms with Crippen LogP contribution in [0.25, 0.3) is 0 Å². The highest BCUT2D eigenvalue weighted by molar-refractivity contribution is 5.83. The Kier molecular flexibility index (Phi) is 4.02. The number of nitrogens with zero attached hydrogens (tertiary/aromatic N) is 1. The van der Waals surface area contributed by atoms with Gasteiger partial charge in [-0.15, -0.1) is 0 Å². The van der Waals surface area contributed by atoms with Gasteiger partial charge in [-0.2, -0.15) is 0 Å². The smallest absolute Gasteiger partial charge is 0.229 e. The minimum absolute atomic E-state index is 0.0982. The second-order valence-electron chi connectivity index (χ2n) is 5.21. The fourth-order valence-corrected chi connectivity index (χ4v) is 2.54. The van der Waals surface area contributed by atoms with Crippen LogP contribution in [0, 0.1) is 5.92 Å². The third kappa shape index (κ3) is 2.72. The van der Waals surface area contributed by atoms with Gasteiger partial charge in [0.15, 0.2) is 0 Å². The van der Waals surface area contributed by atoms with Crippen molar-refractivity contribution < 1.29 is 9.90 Å². The molecule has 1 amide bonds. The third-order valence-electron chi connectivity index (χ3n) is 3.89. The van der Waals surface area contributed by atoms with Crippen molar-refractivity contribution in [3.8, 4) is 0 Å². The van der Waals surface area contributed by atoms with Crippen molar-refractivity contribution in [2.75, 3.05) is 13.1 Å². The van der Waals surface area contributed by atoms with Crippen LogP contribution in [-0.2, 0) is 4.79 Å². The maximum Gasteiger partial charge on any atom is 0.229 e. The Morgan fingerprint density at radius 1 is 1.33 bits per heavy atom. The van der Waals surface area contributed by atoms with E-state index in [0.29, 0.717) is 6.54 Å². The Labute approximate surface area is 108 Å². The van der Waals surface area contributed by atoms with Crippen LogP contribution in [0.2, 0.25) is 0 Å². The number of amides is 1. The topological polar surface area (TPSA) is 40.5 Å². The van der Waals surface area contributed by atoms with E-state index in [2.05, 4.69) is 0 Å². The third-order valence-corrected chi connectivity index (χ3v) is 3.89. The van der Waals surface area contributed by atoms with Crippen molar-refractivity contribution in [1.82, 2.24) is 4.90 Å². The number of hydrogen-bond acceptors (Lipinski definition) is 2. The fraction of sp³-hybridized carbons (Fsp3) is 0.533. The summed E-state index contributed by atoms with van der Waals surface area (Å²) in [5, 5.41) is 9.57. The lowest BCUT2D eigenvalue weighted by Crippen LogP contribution is -2.33. The number of carbonyl (C=O) groups excluding carboxylic acids is 1. The molecule has 1 aliphatic heterocycles. The van der Waals surface area contributed by atoms with Crippen molar-refractivity contribution >= 4 is 5.91 Å². The zero-order valence-electron chi connectivity index (χ0n) is 11.0. The quantitative estimate of drug-likeness (QED) is 0.887. The molecular weight excluding hydrogens is 226 g/mol. The van der Waals surface area contributed by atoms with Crippen LogP contribution in [0.15, 0.2) is 30.3 Å². The van der Waals surface area contributed by atoms with Crippen molar-refractivity contribution in [3.05, 3.63) is 35.9 Å². The number of hydrogen-bond donors (Lipinski definition) is 1. The molecule has 1 aromatic rings. The van der Waals surface area contributed by atoms with Gasteiger partial charge in [0.2, 0.25) is 5.91 Å². The molecule has 0 aliphatic carbocycles. The molecule has 1 aromatic carbocycles. The number of likely N-dealkylation sites (tertiary alicyclic amines) is 1. The van der Waals surface area contributed by atoms with Gasteiger partial charge in [0.25, 0.3) is 0 Å². The summed E-state index contributed by atoms with van der Waals surface area (Å²) in [5.41, 5.74) is 1.06. The van der Waals surface area contributed by atoms with Crippen LogP contribution in [0.1, 0.15) is 31.7 Å². The van der Waals surface area contributed by atoms with Crippen molar-refractivity contribution in [2.24, 2.45) is 5.92 Å². The van der Waals surface area contributed by atoms with Crippen LogP contribution in [-0.4, -0.2) is 35.1 Å².